The number of methoxy groups -OCH3 is 2. The average molecular weight is 687 g/mol. The summed E-state index contributed by atoms with van der Waals surface area (Å²) in [4.78, 5) is 47.1. The van der Waals surface area contributed by atoms with Gasteiger partial charge < -0.3 is 38.3 Å². The molecule has 2 atom stereocenters. The first-order valence-electron chi connectivity index (χ1n) is 16.7. The lowest BCUT2D eigenvalue weighted by atomic mass is 9.90. The van der Waals surface area contributed by atoms with Gasteiger partial charge in [0.2, 0.25) is 0 Å². The van der Waals surface area contributed by atoms with Crippen LogP contribution in [0.2, 0.25) is 0 Å². The van der Waals surface area contributed by atoms with E-state index in [-0.39, 0.29) is 23.2 Å². The smallest absolute Gasteiger partial charge is 0.341 e. The molecule has 264 valence electrons. The van der Waals surface area contributed by atoms with E-state index in [1.807, 2.05) is 61.1 Å². The van der Waals surface area contributed by atoms with E-state index in [9.17, 15) is 29.4 Å². The monoisotopic (exact) mass is 686 g/mol. The van der Waals surface area contributed by atoms with Gasteiger partial charge in [0.05, 0.1) is 38.8 Å². The van der Waals surface area contributed by atoms with Crippen LogP contribution < -0.4 is 29.8 Å². The summed E-state index contributed by atoms with van der Waals surface area (Å²) in [6, 6.07) is 10.6. The minimum absolute atomic E-state index is 0.0871. The van der Waals surface area contributed by atoms with Crippen molar-refractivity contribution in [3.8, 4) is 45.5 Å². The van der Waals surface area contributed by atoms with Crippen LogP contribution in [0, 0.1) is 0 Å². The molecule has 0 fully saturated rings. The van der Waals surface area contributed by atoms with Gasteiger partial charge in [0.1, 0.15) is 11.1 Å². The molecule has 0 radical (unpaired) electrons. The third-order valence-electron chi connectivity index (χ3n) is 9.19. The molecule has 2 aromatic carbocycles. The lowest BCUT2D eigenvalue weighted by Gasteiger charge is -2.31. The van der Waals surface area contributed by atoms with Crippen molar-refractivity contribution in [1.82, 2.24) is 9.13 Å². The summed E-state index contributed by atoms with van der Waals surface area (Å²) in [5.74, 6) is 0.136. The van der Waals surface area contributed by atoms with E-state index in [1.54, 1.807) is 14.2 Å². The molecule has 50 heavy (non-hydrogen) atoms. The number of ether oxygens (including phenoxy) is 4. The number of carboxylic acids is 2. The van der Waals surface area contributed by atoms with Gasteiger partial charge in [-0.15, -0.1) is 0 Å². The van der Waals surface area contributed by atoms with E-state index in [0.717, 1.165) is 47.9 Å². The number of fused-ring (bicyclic) bond motifs is 6. The van der Waals surface area contributed by atoms with Gasteiger partial charge in [-0.2, -0.15) is 0 Å². The van der Waals surface area contributed by atoms with E-state index in [1.165, 1.54) is 24.5 Å². The number of hydrogen-bond donors (Lipinski definition) is 2. The van der Waals surface area contributed by atoms with Gasteiger partial charge in [0.25, 0.3) is 0 Å². The predicted octanol–water partition coefficient (Wildman–Crippen LogP) is 6.26. The SMILES string of the molecule is CCOc1cc2c(cc1OC)-c1cc(=O)c(C(=O)O)cn1[C@@H](CC)C2.CCOc1cc2c(cc1OC)-c1cc(=O)c(C(=O)O)cn1[C@H](CC)C2. The summed E-state index contributed by atoms with van der Waals surface area (Å²) in [5, 5.41) is 18.5. The third-order valence-corrected chi connectivity index (χ3v) is 9.19. The van der Waals surface area contributed by atoms with Crippen LogP contribution in [0.1, 0.15) is 84.5 Å². The van der Waals surface area contributed by atoms with Crippen molar-refractivity contribution in [3.63, 3.8) is 0 Å². The highest BCUT2D eigenvalue weighted by Gasteiger charge is 2.28. The van der Waals surface area contributed by atoms with Gasteiger partial charge in [-0.05, 0) is 74.9 Å². The van der Waals surface area contributed by atoms with Crippen molar-refractivity contribution in [2.75, 3.05) is 27.4 Å². The summed E-state index contributed by atoms with van der Waals surface area (Å²) in [6.45, 7) is 8.98. The Kier molecular flexibility index (Phi) is 10.7. The number of pyridine rings is 2. The number of hydrogen-bond acceptors (Lipinski definition) is 8. The van der Waals surface area contributed by atoms with Gasteiger partial charge in [0, 0.05) is 47.7 Å². The summed E-state index contributed by atoms with van der Waals surface area (Å²) < 4.78 is 25.9. The lowest BCUT2D eigenvalue weighted by molar-refractivity contribution is 0.0683. The molecule has 2 aromatic heterocycles. The second-order valence-corrected chi connectivity index (χ2v) is 12.0. The molecule has 12 heteroatoms. The quantitative estimate of drug-likeness (QED) is 0.195. The van der Waals surface area contributed by atoms with Crippen LogP contribution in [0.15, 0.2) is 58.4 Å². The van der Waals surface area contributed by atoms with Crippen molar-refractivity contribution >= 4 is 11.9 Å². The number of benzene rings is 2. The fraction of sp³-hybridized carbons (Fsp3) is 0.368. The molecule has 4 aromatic rings. The Morgan fingerprint density at radius 1 is 0.640 bits per heavy atom. The van der Waals surface area contributed by atoms with E-state index in [2.05, 4.69) is 0 Å². The van der Waals surface area contributed by atoms with E-state index < -0.39 is 22.8 Å². The highest BCUT2D eigenvalue weighted by molar-refractivity contribution is 5.88. The largest absolute Gasteiger partial charge is 0.493 e. The molecule has 6 rings (SSSR count). The molecule has 4 heterocycles. The Balaban J connectivity index is 0.000000194. The molecule has 2 aliphatic heterocycles. The van der Waals surface area contributed by atoms with Crippen molar-refractivity contribution in [2.24, 2.45) is 0 Å². The zero-order valence-electron chi connectivity index (χ0n) is 29.1. The van der Waals surface area contributed by atoms with Crippen LogP contribution >= 0.6 is 0 Å². The second-order valence-electron chi connectivity index (χ2n) is 12.0. The molecular weight excluding hydrogens is 644 g/mol. The molecule has 0 saturated carbocycles. The number of carbonyl (C=O) groups is 2. The third kappa shape index (κ3) is 6.70. The molecule has 12 nitrogen and oxygen atoms in total. The highest BCUT2D eigenvalue weighted by atomic mass is 16.5. The van der Waals surface area contributed by atoms with Crippen LogP contribution in [0.5, 0.6) is 23.0 Å². The van der Waals surface area contributed by atoms with Crippen molar-refractivity contribution in [1.29, 1.82) is 0 Å². The van der Waals surface area contributed by atoms with Gasteiger partial charge in [-0.3, -0.25) is 9.59 Å². The van der Waals surface area contributed by atoms with Crippen LogP contribution in [0.3, 0.4) is 0 Å². The molecule has 0 unspecified atom stereocenters. The second kappa shape index (κ2) is 14.9. The zero-order chi connectivity index (χ0) is 36.3. The topological polar surface area (TPSA) is 156 Å². The molecule has 0 spiro atoms. The summed E-state index contributed by atoms with van der Waals surface area (Å²) in [6.07, 6.45) is 6.05. The van der Waals surface area contributed by atoms with E-state index >= 15 is 0 Å². The predicted molar refractivity (Wildman–Crippen MR) is 188 cm³/mol. The summed E-state index contributed by atoms with van der Waals surface area (Å²) in [5.41, 5.74) is 3.92. The molecule has 0 bridgehead atoms. The fourth-order valence-corrected chi connectivity index (χ4v) is 6.72. The Morgan fingerprint density at radius 2 is 1.02 bits per heavy atom. The van der Waals surface area contributed by atoms with Crippen LogP contribution in [0.25, 0.3) is 22.5 Å². The molecule has 0 amide bonds. The maximum atomic E-state index is 12.2. The minimum atomic E-state index is -1.20. The van der Waals surface area contributed by atoms with Gasteiger partial charge in [0.15, 0.2) is 33.9 Å². The summed E-state index contributed by atoms with van der Waals surface area (Å²) >= 11 is 0. The van der Waals surface area contributed by atoms with Crippen molar-refractivity contribution in [2.45, 2.75) is 65.5 Å². The highest BCUT2D eigenvalue weighted by Crippen LogP contribution is 2.43. The normalized spacial score (nSPS) is 15.2. The number of aromatic carboxylic acids is 2. The van der Waals surface area contributed by atoms with Gasteiger partial charge in [-0.25, -0.2) is 9.59 Å². The minimum Gasteiger partial charge on any atom is -0.493 e. The first-order valence-corrected chi connectivity index (χ1v) is 16.7. The number of nitrogens with zero attached hydrogens (tertiary/aromatic N) is 2. The Hall–Kier alpha value is -5.52. The zero-order valence-corrected chi connectivity index (χ0v) is 29.1. The summed E-state index contributed by atoms with van der Waals surface area (Å²) in [7, 11) is 3.14. The van der Waals surface area contributed by atoms with Crippen molar-refractivity contribution in [3.05, 3.63) is 91.5 Å². The Labute approximate surface area is 289 Å². The van der Waals surface area contributed by atoms with Crippen molar-refractivity contribution < 1.29 is 38.7 Å². The number of carboxylic acid groups (broad SMARTS) is 2. The van der Waals surface area contributed by atoms with Crippen LogP contribution in [0.4, 0.5) is 0 Å². The molecule has 0 aliphatic carbocycles. The molecule has 2 aliphatic rings. The van der Waals surface area contributed by atoms with Crippen LogP contribution in [-0.2, 0) is 12.8 Å². The molecule has 0 saturated heterocycles. The maximum Gasteiger partial charge on any atom is 0.341 e. The van der Waals surface area contributed by atoms with Gasteiger partial charge >= 0.3 is 11.9 Å². The average Bonchev–Trinajstić information content (AvgIpc) is 3.10. The Morgan fingerprint density at radius 3 is 1.32 bits per heavy atom. The number of aromatic nitrogens is 2. The lowest BCUT2D eigenvalue weighted by Crippen LogP contribution is -2.25. The maximum absolute atomic E-state index is 12.2. The first-order chi connectivity index (χ1) is 24.0. The van der Waals surface area contributed by atoms with E-state index in [0.29, 0.717) is 47.6 Å². The molecular formula is C38H42N2O10. The van der Waals surface area contributed by atoms with Crippen LogP contribution in [-0.4, -0.2) is 58.7 Å². The standard InChI is InChI=1S/2C19H21NO5/c2*1-4-12-6-11-7-18(25-5-2)17(24-3)8-13(11)15-9-16(21)14(19(22)23)10-20(12)15/h2*7-10,12H,4-6H2,1-3H3,(H,22,23)/t2*12-/m10/s1. The molecule has 2 N–H and O–H groups in total. The van der Waals surface area contributed by atoms with Gasteiger partial charge in [-0.1, -0.05) is 13.8 Å². The first kappa shape index (κ1) is 35.8. The number of rotatable bonds is 10. The fourth-order valence-electron chi connectivity index (χ4n) is 6.72. The van der Waals surface area contributed by atoms with E-state index in [4.69, 9.17) is 18.9 Å². The Bertz CT molecular complexity index is 1920.